The smallest absolute Gasteiger partial charge is 0.0584 e. The van der Waals surface area contributed by atoms with E-state index < -0.39 is 0 Å². The molecule has 0 aromatic heterocycles. The molecule has 96 valence electrons. The van der Waals surface area contributed by atoms with Crippen LogP contribution in [-0.4, -0.2) is 43.8 Å². The molecule has 0 saturated carbocycles. The molecule has 2 N–H and O–H groups in total. The molecule has 1 rings (SSSR count). The van der Waals surface area contributed by atoms with Crippen LogP contribution in [0.25, 0.3) is 0 Å². The van der Waals surface area contributed by atoms with Crippen LogP contribution >= 0.6 is 0 Å². The minimum absolute atomic E-state index is 0.386. The SMILES string of the molecule is CCC(CCN)OCCCCN1CCCC1. The maximum Gasteiger partial charge on any atom is 0.0584 e. The highest BCUT2D eigenvalue weighted by molar-refractivity contribution is 4.65. The van der Waals surface area contributed by atoms with Crippen LogP contribution in [0.5, 0.6) is 0 Å². The van der Waals surface area contributed by atoms with Gasteiger partial charge in [0.25, 0.3) is 0 Å². The van der Waals surface area contributed by atoms with Gasteiger partial charge < -0.3 is 15.4 Å². The quantitative estimate of drug-likeness (QED) is 0.614. The Bertz CT molecular complexity index is 158. The lowest BCUT2D eigenvalue weighted by Crippen LogP contribution is -2.21. The van der Waals surface area contributed by atoms with E-state index in [0.717, 1.165) is 26.0 Å². The Morgan fingerprint density at radius 2 is 2.00 bits per heavy atom. The van der Waals surface area contributed by atoms with Gasteiger partial charge in [0.1, 0.15) is 0 Å². The molecule has 3 nitrogen and oxygen atoms in total. The van der Waals surface area contributed by atoms with E-state index in [-0.39, 0.29) is 0 Å². The predicted molar refractivity (Wildman–Crippen MR) is 68.6 cm³/mol. The lowest BCUT2D eigenvalue weighted by atomic mass is 10.2. The van der Waals surface area contributed by atoms with Crippen LogP contribution < -0.4 is 5.73 Å². The zero-order valence-corrected chi connectivity index (χ0v) is 10.8. The fraction of sp³-hybridized carbons (Fsp3) is 1.00. The molecule has 1 aliphatic heterocycles. The average Bonchev–Trinajstić information content (AvgIpc) is 2.80. The highest BCUT2D eigenvalue weighted by Crippen LogP contribution is 2.09. The molecule has 1 saturated heterocycles. The molecule has 1 fully saturated rings. The average molecular weight is 228 g/mol. The fourth-order valence-electron chi connectivity index (χ4n) is 2.28. The molecule has 0 radical (unpaired) electrons. The van der Waals surface area contributed by atoms with Gasteiger partial charge >= 0.3 is 0 Å². The van der Waals surface area contributed by atoms with Crippen LogP contribution in [0.4, 0.5) is 0 Å². The number of unbranched alkanes of at least 4 members (excludes halogenated alkanes) is 1. The number of nitrogens with two attached hydrogens (primary N) is 1. The number of hydrogen-bond acceptors (Lipinski definition) is 3. The van der Waals surface area contributed by atoms with E-state index in [1.54, 1.807) is 0 Å². The van der Waals surface area contributed by atoms with Crippen molar-refractivity contribution in [1.82, 2.24) is 4.90 Å². The van der Waals surface area contributed by atoms with Crippen molar-refractivity contribution in [2.24, 2.45) is 5.73 Å². The Morgan fingerprint density at radius 1 is 1.25 bits per heavy atom. The highest BCUT2D eigenvalue weighted by Gasteiger charge is 2.10. The van der Waals surface area contributed by atoms with Crippen LogP contribution in [0, 0.1) is 0 Å². The summed E-state index contributed by atoms with van der Waals surface area (Å²) in [5.41, 5.74) is 5.53. The summed E-state index contributed by atoms with van der Waals surface area (Å²) in [4.78, 5) is 2.57. The molecule has 1 unspecified atom stereocenters. The largest absolute Gasteiger partial charge is 0.378 e. The van der Waals surface area contributed by atoms with Crippen LogP contribution in [0.2, 0.25) is 0 Å². The van der Waals surface area contributed by atoms with E-state index in [1.807, 2.05) is 0 Å². The summed E-state index contributed by atoms with van der Waals surface area (Å²) in [5.74, 6) is 0. The molecular formula is C13H28N2O. The normalized spacial score (nSPS) is 19.1. The Morgan fingerprint density at radius 3 is 2.62 bits per heavy atom. The predicted octanol–water partition coefficient (Wildman–Crippen LogP) is 2.01. The molecule has 1 aliphatic rings. The molecule has 16 heavy (non-hydrogen) atoms. The summed E-state index contributed by atoms with van der Waals surface area (Å²) in [7, 11) is 0. The summed E-state index contributed by atoms with van der Waals surface area (Å²) in [6.45, 7) is 7.71. The molecule has 1 atom stereocenters. The maximum atomic E-state index is 5.80. The summed E-state index contributed by atoms with van der Waals surface area (Å²) in [6.07, 6.45) is 7.73. The van der Waals surface area contributed by atoms with E-state index >= 15 is 0 Å². The second-order valence-corrected chi connectivity index (χ2v) is 4.73. The zero-order chi connectivity index (χ0) is 11.6. The van der Waals surface area contributed by atoms with Crippen LogP contribution in [-0.2, 0) is 4.74 Å². The van der Waals surface area contributed by atoms with Gasteiger partial charge in [-0.15, -0.1) is 0 Å². The molecule has 0 bridgehead atoms. The van der Waals surface area contributed by atoms with E-state index in [0.29, 0.717) is 6.10 Å². The molecular weight excluding hydrogens is 200 g/mol. The van der Waals surface area contributed by atoms with Crippen molar-refractivity contribution in [3.63, 3.8) is 0 Å². The van der Waals surface area contributed by atoms with Crippen molar-refractivity contribution < 1.29 is 4.74 Å². The number of rotatable bonds is 9. The van der Waals surface area contributed by atoms with Crippen molar-refractivity contribution in [3.05, 3.63) is 0 Å². The third-order valence-electron chi connectivity index (χ3n) is 3.36. The Labute approximate surface area is 100 Å². The zero-order valence-electron chi connectivity index (χ0n) is 10.8. The minimum atomic E-state index is 0.386. The first kappa shape index (κ1) is 13.9. The van der Waals surface area contributed by atoms with E-state index in [4.69, 9.17) is 10.5 Å². The van der Waals surface area contributed by atoms with Gasteiger partial charge in [0, 0.05) is 6.61 Å². The first-order valence-corrected chi connectivity index (χ1v) is 6.90. The topological polar surface area (TPSA) is 38.5 Å². The van der Waals surface area contributed by atoms with Gasteiger partial charge in [0.05, 0.1) is 6.10 Å². The van der Waals surface area contributed by atoms with Crippen molar-refractivity contribution in [2.75, 3.05) is 32.8 Å². The molecule has 0 spiro atoms. The Kier molecular flexibility index (Phi) is 7.81. The number of nitrogens with zero attached hydrogens (tertiary/aromatic N) is 1. The van der Waals surface area contributed by atoms with Crippen LogP contribution in [0.3, 0.4) is 0 Å². The first-order valence-electron chi connectivity index (χ1n) is 6.90. The van der Waals surface area contributed by atoms with Gasteiger partial charge in [0.15, 0.2) is 0 Å². The van der Waals surface area contributed by atoms with Gasteiger partial charge in [-0.25, -0.2) is 0 Å². The number of ether oxygens (including phenoxy) is 1. The van der Waals surface area contributed by atoms with Gasteiger partial charge in [-0.1, -0.05) is 6.92 Å². The van der Waals surface area contributed by atoms with Gasteiger partial charge in [-0.2, -0.15) is 0 Å². The molecule has 0 aliphatic carbocycles. The van der Waals surface area contributed by atoms with Gasteiger partial charge in [0.2, 0.25) is 0 Å². The summed E-state index contributed by atoms with van der Waals surface area (Å²) < 4.78 is 5.80. The second kappa shape index (κ2) is 8.97. The van der Waals surface area contributed by atoms with Gasteiger partial charge in [-0.05, 0) is 64.7 Å². The highest BCUT2D eigenvalue weighted by atomic mass is 16.5. The third-order valence-corrected chi connectivity index (χ3v) is 3.36. The molecule has 1 heterocycles. The standard InChI is InChI=1S/C13H28N2O/c1-2-13(7-8-14)16-12-6-5-11-15-9-3-4-10-15/h13H,2-12,14H2,1H3. The van der Waals surface area contributed by atoms with E-state index in [2.05, 4.69) is 11.8 Å². The van der Waals surface area contributed by atoms with Crippen molar-refractivity contribution >= 4 is 0 Å². The van der Waals surface area contributed by atoms with Crippen molar-refractivity contribution in [1.29, 1.82) is 0 Å². The summed E-state index contributed by atoms with van der Waals surface area (Å²) in [5, 5.41) is 0. The molecule has 0 amide bonds. The second-order valence-electron chi connectivity index (χ2n) is 4.73. The van der Waals surface area contributed by atoms with Crippen molar-refractivity contribution in [2.45, 2.75) is 51.6 Å². The first-order chi connectivity index (χ1) is 7.86. The number of likely N-dealkylation sites (tertiary alicyclic amines) is 1. The summed E-state index contributed by atoms with van der Waals surface area (Å²) in [6, 6.07) is 0. The monoisotopic (exact) mass is 228 g/mol. The fourth-order valence-corrected chi connectivity index (χ4v) is 2.28. The lowest BCUT2D eigenvalue weighted by Gasteiger charge is -2.16. The van der Waals surface area contributed by atoms with Crippen LogP contribution in [0.1, 0.15) is 45.4 Å². The Hall–Kier alpha value is -0.120. The Balaban J connectivity index is 1.89. The van der Waals surface area contributed by atoms with E-state index in [9.17, 15) is 0 Å². The molecule has 0 aromatic rings. The molecule has 3 heteroatoms. The maximum absolute atomic E-state index is 5.80. The third kappa shape index (κ3) is 5.83. The minimum Gasteiger partial charge on any atom is -0.378 e. The van der Waals surface area contributed by atoms with Gasteiger partial charge in [-0.3, -0.25) is 0 Å². The summed E-state index contributed by atoms with van der Waals surface area (Å²) >= 11 is 0. The van der Waals surface area contributed by atoms with E-state index in [1.165, 1.54) is 45.3 Å². The lowest BCUT2D eigenvalue weighted by molar-refractivity contribution is 0.0434. The number of hydrogen-bond donors (Lipinski definition) is 1. The molecule has 0 aromatic carbocycles. The van der Waals surface area contributed by atoms with Crippen LogP contribution in [0.15, 0.2) is 0 Å². The van der Waals surface area contributed by atoms with Crippen molar-refractivity contribution in [3.8, 4) is 0 Å².